The first-order valence-corrected chi connectivity index (χ1v) is 7.68. The van der Waals surface area contributed by atoms with Crippen molar-refractivity contribution in [2.24, 2.45) is 0 Å². The highest BCUT2D eigenvalue weighted by Crippen LogP contribution is 2.22. The molecule has 21 heavy (non-hydrogen) atoms. The molecule has 1 atom stereocenters. The van der Waals surface area contributed by atoms with Crippen LogP contribution >= 0.6 is 11.6 Å². The first-order chi connectivity index (χ1) is 9.99. The van der Waals surface area contributed by atoms with Gasteiger partial charge in [-0.25, -0.2) is 0 Å². The second-order valence-corrected chi connectivity index (χ2v) is 5.93. The predicted octanol–water partition coefficient (Wildman–Crippen LogP) is 1.89. The van der Waals surface area contributed by atoms with Crippen molar-refractivity contribution in [1.82, 2.24) is 9.80 Å². The number of likely N-dealkylation sites (N-methyl/N-ethyl adjacent to an activating group) is 1. The Morgan fingerprint density at radius 3 is 2.90 bits per heavy atom. The van der Waals surface area contributed by atoms with E-state index in [-0.39, 0.29) is 5.91 Å². The Labute approximate surface area is 131 Å². The number of carbonyl (C=O) groups is 1. The number of piperazine rings is 1. The Balaban J connectivity index is 1.89. The molecule has 116 valence electrons. The van der Waals surface area contributed by atoms with Crippen LogP contribution in [0.3, 0.4) is 0 Å². The SMILES string of the molecule is CCN1CCN(CC(=O)Nc2cc(Cl)ccc2N)CC1C. The van der Waals surface area contributed by atoms with E-state index < -0.39 is 0 Å². The highest BCUT2D eigenvalue weighted by Gasteiger charge is 2.23. The summed E-state index contributed by atoms with van der Waals surface area (Å²) in [6.07, 6.45) is 0. The summed E-state index contributed by atoms with van der Waals surface area (Å²) in [5.74, 6) is -0.0545. The minimum atomic E-state index is -0.0545. The summed E-state index contributed by atoms with van der Waals surface area (Å²) < 4.78 is 0. The lowest BCUT2D eigenvalue weighted by atomic mass is 10.2. The van der Waals surface area contributed by atoms with Crippen LogP contribution in [0.2, 0.25) is 5.02 Å². The Bertz CT molecular complexity index is 508. The van der Waals surface area contributed by atoms with Gasteiger partial charge in [-0.2, -0.15) is 0 Å². The van der Waals surface area contributed by atoms with Crippen LogP contribution in [0.5, 0.6) is 0 Å². The number of nitrogens with one attached hydrogen (secondary N) is 1. The zero-order valence-corrected chi connectivity index (χ0v) is 13.4. The Hall–Kier alpha value is -1.30. The third-order valence-electron chi connectivity index (χ3n) is 3.91. The lowest BCUT2D eigenvalue weighted by Gasteiger charge is -2.38. The van der Waals surface area contributed by atoms with Crippen molar-refractivity contribution in [3.05, 3.63) is 23.2 Å². The van der Waals surface area contributed by atoms with E-state index in [1.165, 1.54) is 0 Å². The van der Waals surface area contributed by atoms with Crippen molar-refractivity contribution >= 4 is 28.9 Å². The molecule has 1 fully saturated rings. The van der Waals surface area contributed by atoms with E-state index in [0.29, 0.717) is 29.0 Å². The molecule has 1 aliphatic rings. The maximum Gasteiger partial charge on any atom is 0.238 e. The number of benzene rings is 1. The van der Waals surface area contributed by atoms with Crippen molar-refractivity contribution in [1.29, 1.82) is 0 Å². The quantitative estimate of drug-likeness (QED) is 0.834. The summed E-state index contributed by atoms with van der Waals surface area (Å²) in [5, 5.41) is 3.39. The summed E-state index contributed by atoms with van der Waals surface area (Å²) in [5.41, 5.74) is 6.94. The topological polar surface area (TPSA) is 61.6 Å². The van der Waals surface area contributed by atoms with Gasteiger partial charge in [0.25, 0.3) is 0 Å². The molecule has 1 unspecified atom stereocenters. The van der Waals surface area contributed by atoms with E-state index in [1.54, 1.807) is 18.2 Å². The van der Waals surface area contributed by atoms with Crippen LogP contribution in [0.25, 0.3) is 0 Å². The number of nitrogens with two attached hydrogens (primary N) is 1. The number of nitrogens with zero attached hydrogens (tertiary/aromatic N) is 2. The fourth-order valence-corrected chi connectivity index (χ4v) is 2.89. The Morgan fingerprint density at radius 1 is 1.48 bits per heavy atom. The monoisotopic (exact) mass is 310 g/mol. The number of hydrogen-bond acceptors (Lipinski definition) is 4. The average molecular weight is 311 g/mol. The van der Waals surface area contributed by atoms with Gasteiger partial charge in [-0.3, -0.25) is 14.6 Å². The number of anilines is 2. The van der Waals surface area contributed by atoms with Gasteiger partial charge in [-0.15, -0.1) is 0 Å². The molecule has 0 aliphatic carbocycles. The molecule has 1 aromatic rings. The lowest BCUT2D eigenvalue weighted by Crippen LogP contribution is -2.53. The predicted molar refractivity (Wildman–Crippen MR) is 87.6 cm³/mol. The fraction of sp³-hybridized carbons (Fsp3) is 0.533. The van der Waals surface area contributed by atoms with Gasteiger partial charge < -0.3 is 11.1 Å². The molecule has 0 aromatic heterocycles. The fourth-order valence-electron chi connectivity index (χ4n) is 2.71. The van der Waals surface area contributed by atoms with Crippen LogP contribution in [0.1, 0.15) is 13.8 Å². The van der Waals surface area contributed by atoms with Gasteiger partial charge in [0.1, 0.15) is 0 Å². The Kier molecular flexibility index (Phi) is 5.45. The summed E-state index contributed by atoms with van der Waals surface area (Å²) in [6.45, 7) is 8.63. The van der Waals surface area contributed by atoms with E-state index >= 15 is 0 Å². The van der Waals surface area contributed by atoms with Crippen molar-refractivity contribution in [3.63, 3.8) is 0 Å². The van der Waals surface area contributed by atoms with Crippen molar-refractivity contribution in [2.75, 3.05) is 43.8 Å². The summed E-state index contributed by atoms with van der Waals surface area (Å²) >= 11 is 5.92. The number of halogens is 1. The molecule has 0 spiro atoms. The standard InChI is InChI=1S/C15H23ClN4O/c1-3-20-7-6-19(9-11(20)2)10-15(21)18-14-8-12(16)4-5-13(14)17/h4-5,8,11H,3,6-7,9-10,17H2,1-2H3,(H,18,21). The minimum absolute atomic E-state index is 0.0545. The third-order valence-corrected chi connectivity index (χ3v) is 4.15. The smallest absolute Gasteiger partial charge is 0.238 e. The van der Waals surface area contributed by atoms with Crippen LogP contribution in [-0.2, 0) is 4.79 Å². The minimum Gasteiger partial charge on any atom is -0.397 e. The molecule has 0 saturated carbocycles. The number of rotatable bonds is 4. The van der Waals surface area contributed by atoms with E-state index in [9.17, 15) is 4.79 Å². The number of nitrogen functional groups attached to an aromatic ring is 1. The molecule has 2 rings (SSSR count). The van der Waals surface area contributed by atoms with E-state index in [2.05, 4.69) is 29.0 Å². The van der Waals surface area contributed by atoms with Crippen LogP contribution in [0.15, 0.2) is 18.2 Å². The van der Waals surface area contributed by atoms with E-state index in [4.69, 9.17) is 17.3 Å². The average Bonchev–Trinajstić information content (AvgIpc) is 2.43. The van der Waals surface area contributed by atoms with Gasteiger partial charge >= 0.3 is 0 Å². The van der Waals surface area contributed by atoms with Gasteiger partial charge in [-0.1, -0.05) is 18.5 Å². The van der Waals surface area contributed by atoms with Gasteiger partial charge in [0, 0.05) is 30.7 Å². The normalized spacial score (nSPS) is 20.4. The molecule has 1 amide bonds. The molecule has 0 radical (unpaired) electrons. The van der Waals surface area contributed by atoms with Crippen LogP contribution in [-0.4, -0.2) is 54.5 Å². The molecule has 6 heteroatoms. The Morgan fingerprint density at radius 2 is 2.24 bits per heavy atom. The molecular weight excluding hydrogens is 288 g/mol. The van der Waals surface area contributed by atoms with Crippen molar-refractivity contribution in [2.45, 2.75) is 19.9 Å². The second kappa shape index (κ2) is 7.11. The molecular formula is C15H23ClN4O. The summed E-state index contributed by atoms with van der Waals surface area (Å²) in [4.78, 5) is 16.7. The zero-order valence-electron chi connectivity index (χ0n) is 12.6. The number of hydrogen-bond donors (Lipinski definition) is 2. The summed E-state index contributed by atoms with van der Waals surface area (Å²) in [6, 6.07) is 5.55. The molecule has 1 aliphatic heterocycles. The van der Waals surface area contributed by atoms with Crippen molar-refractivity contribution in [3.8, 4) is 0 Å². The van der Waals surface area contributed by atoms with Gasteiger partial charge in [0.2, 0.25) is 5.91 Å². The summed E-state index contributed by atoms with van der Waals surface area (Å²) in [7, 11) is 0. The largest absolute Gasteiger partial charge is 0.397 e. The van der Waals surface area contributed by atoms with E-state index in [1.807, 2.05) is 0 Å². The molecule has 1 heterocycles. The molecule has 3 N–H and O–H groups in total. The van der Waals surface area contributed by atoms with Crippen LogP contribution in [0.4, 0.5) is 11.4 Å². The zero-order chi connectivity index (χ0) is 15.4. The first kappa shape index (κ1) is 16.1. The lowest BCUT2D eigenvalue weighted by molar-refractivity contribution is -0.118. The van der Waals surface area contributed by atoms with E-state index in [0.717, 1.165) is 26.2 Å². The molecule has 1 saturated heterocycles. The second-order valence-electron chi connectivity index (χ2n) is 5.49. The van der Waals surface area contributed by atoms with Gasteiger partial charge in [0.15, 0.2) is 0 Å². The van der Waals surface area contributed by atoms with Gasteiger partial charge in [0.05, 0.1) is 17.9 Å². The molecule has 1 aromatic carbocycles. The highest BCUT2D eigenvalue weighted by molar-refractivity contribution is 6.31. The first-order valence-electron chi connectivity index (χ1n) is 7.31. The highest BCUT2D eigenvalue weighted by atomic mass is 35.5. The number of carbonyl (C=O) groups excluding carboxylic acids is 1. The van der Waals surface area contributed by atoms with Crippen LogP contribution in [0, 0.1) is 0 Å². The molecule has 5 nitrogen and oxygen atoms in total. The maximum atomic E-state index is 12.1. The molecule has 0 bridgehead atoms. The number of amides is 1. The van der Waals surface area contributed by atoms with Crippen LogP contribution < -0.4 is 11.1 Å². The van der Waals surface area contributed by atoms with Gasteiger partial charge in [-0.05, 0) is 31.7 Å². The third kappa shape index (κ3) is 4.33. The van der Waals surface area contributed by atoms with Crippen molar-refractivity contribution < 1.29 is 4.79 Å². The maximum absolute atomic E-state index is 12.1.